The molecule has 0 fully saturated rings. The lowest BCUT2D eigenvalue weighted by molar-refractivity contribution is 0.0698. The molecule has 0 bridgehead atoms. The molecule has 0 amide bonds. The highest BCUT2D eigenvalue weighted by Gasteiger charge is 2.19. The van der Waals surface area contributed by atoms with Gasteiger partial charge in [-0.25, -0.2) is 13.2 Å². The van der Waals surface area contributed by atoms with Gasteiger partial charge in [0.2, 0.25) is 0 Å². The summed E-state index contributed by atoms with van der Waals surface area (Å²) in [6.45, 7) is 0. The standard InChI is InChI=1S/C19H17NO4S3/c21-19(22)16-13-15(25-12-10-14-5-2-1-3-6-14)8-9-17(16)20-27(23,24)18-7-4-11-26-18/h1-9,11,13,20H,10,12H2,(H,21,22). The SMILES string of the molecule is O=C(O)c1cc(SCCc2ccccc2)ccc1NS(=O)(=O)c1cccs1. The maximum atomic E-state index is 12.4. The number of hydrogen-bond acceptors (Lipinski definition) is 5. The molecule has 0 aliphatic carbocycles. The van der Waals surface area contributed by atoms with E-state index >= 15 is 0 Å². The predicted molar refractivity (Wildman–Crippen MR) is 109 cm³/mol. The number of carboxylic acid groups (broad SMARTS) is 1. The number of aromatic carboxylic acids is 1. The fourth-order valence-electron chi connectivity index (χ4n) is 2.42. The monoisotopic (exact) mass is 419 g/mol. The molecule has 2 aromatic carbocycles. The third-order valence-electron chi connectivity index (χ3n) is 3.73. The largest absolute Gasteiger partial charge is 0.478 e. The number of nitrogens with one attached hydrogen (secondary N) is 1. The maximum Gasteiger partial charge on any atom is 0.337 e. The molecule has 140 valence electrons. The van der Waals surface area contributed by atoms with Gasteiger partial charge in [0.15, 0.2) is 0 Å². The highest BCUT2D eigenvalue weighted by molar-refractivity contribution is 7.99. The van der Waals surface area contributed by atoms with Crippen molar-refractivity contribution in [3.05, 3.63) is 77.2 Å². The first kappa shape index (κ1) is 19.5. The van der Waals surface area contributed by atoms with Crippen molar-refractivity contribution in [1.82, 2.24) is 0 Å². The van der Waals surface area contributed by atoms with Crippen molar-refractivity contribution in [1.29, 1.82) is 0 Å². The van der Waals surface area contributed by atoms with Crippen molar-refractivity contribution in [2.45, 2.75) is 15.5 Å². The Morgan fingerprint density at radius 1 is 1.07 bits per heavy atom. The maximum absolute atomic E-state index is 12.4. The van der Waals surface area contributed by atoms with Gasteiger partial charge in [-0.2, -0.15) is 0 Å². The molecule has 0 atom stereocenters. The van der Waals surface area contributed by atoms with Crippen LogP contribution in [0.3, 0.4) is 0 Å². The minimum atomic E-state index is -3.79. The molecule has 0 radical (unpaired) electrons. The number of thiophene rings is 1. The number of carbonyl (C=O) groups is 1. The Bertz CT molecular complexity index is 1020. The number of rotatable bonds is 8. The third kappa shape index (κ3) is 5.12. The Hall–Kier alpha value is -2.29. The minimum absolute atomic E-state index is 0.0586. The van der Waals surface area contributed by atoms with Crippen LogP contribution in [0.4, 0.5) is 5.69 Å². The molecule has 0 spiro atoms. The number of sulfonamides is 1. The molecule has 0 aliphatic rings. The van der Waals surface area contributed by atoms with Gasteiger partial charge in [0.25, 0.3) is 10.0 Å². The van der Waals surface area contributed by atoms with E-state index in [2.05, 4.69) is 4.72 Å². The molecule has 2 N–H and O–H groups in total. The first-order valence-corrected chi connectivity index (χ1v) is 11.4. The van der Waals surface area contributed by atoms with E-state index in [9.17, 15) is 18.3 Å². The molecule has 8 heteroatoms. The van der Waals surface area contributed by atoms with Crippen LogP contribution in [0.5, 0.6) is 0 Å². The number of benzene rings is 2. The smallest absolute Gasteiger partial charge is 0.337 e. The summed E-state index contributed by atoms with van der Waals surface area (Å²) >= 11 is 2.61. The fourth-order valence-corrected chi connectivity index (χ4v) is 5.43. The molecule has 0 unspecified atom stereocenters. The Morgan fingerprint density at radius 2 is 1.85 bits per heavy atom. The third-order valence-corrected chi connectivity index (χ3v) is 7.49. The highest BCUT2D eigenvalue weighted by atomic mass is 32.2. The van der Waals surface area contributed by atoms with Crippen LogP contribution in [0.15, 0.2) is 75.1 Å². The van der Waals surface area contributed by atoms with Crippen LogP contribution in [0.2, 0.25) is 0 Å². The number of carboxylic acids is 1. The van der Waals surface area contributed by atoms with E-state index < -0.39 is 16.0 Å². The van der Waals surface area contributed by atoms with Gasteiger partial charge in [-0.1, -0.05) is 36.4 Å². The summed E-state index contributed by atoms with van der Waals surface area (Å²) in [6, 6.07) is 17.9. The molecule has 0 aliphatic heterocycles. The number of thioether (sulfide) groups is 1. The zero-order valence-electron chi connectivity index (χ0n) is 14.2. The Morgan fingerprint density at radius 3 is 2.52 bits per heavy atom. The Balaban J connectivity index is 1.74. The zero-order chi connectivity index (χ0) is 19.3. The van der Waals surface area contributed by atoms with Crippen LogP contribution in [-0.4, -0.2) is 25.2 Å². The average molecular weight is 420 g/mol. The molecule has 3 rings (SSSR count). The number of anilines is 1. The van der Waals surface area contributed by atoms with Crippen molar-refractivity contribution < 1.29 is 18.3 Å². The molecule has 27 heavy (non-hydrogen) atoms. The van der Waals surface area contributed by atoms with Crippen LogP contribution < -0.4 is 4.72 Å². The van der Waals surface area contributed by atoms with E-state index in [1.165, 1.54) is 35.5 Å². The van der Waals surface area contributed by atoms with Crippen LogP contribution >= 0.6 is 23.1 Å². The van der Waals surface area contributed by atoms with E-state index in [0.717, 1.165) is 28.4 Å². The normalized spacial score (nSPS) is 11.3. The summed E-state index contributed by atoms with van der Waals surface area (Å²) < 4.78 is 27.2. The lowest BCUT2D eigenvalue weighted by Gasteiger charge is -2.11. The predicted octanol–water partition coefficient (Wildman–Crippen LogP) is 4.58. The highest BCUT2D eigenvalue weighted by Crippen LogP contribution is 2.28. The molecule has 0 saturated carbocycles. The van der Waals surface area contributed by atoms with Gasteiger partial charge in [0, 0.05) is 10.6 Å². The van der Waals surface area contributed by atoms with Crippen molar-refractivity contribution in [3.8, 4) is 0 Å². The van der Waals surface area contributed by atoms with E-state index in [4.69, 9.17) is 0 Å². The van der Waals surface area contributed by atoms with E-state index in [0.29, 0.717) is 0 Å². The van der Waals surface area contributed by atoms with Gasteiger partial charge < -0.3 is 5.11 Å². The van der Waals surface area contributed by atoms with Crippen molar-refractivity contribution in [2.24, 2.45) is 0 Å². The van der Waals surface area contributed by atoms with E-state index in [1.54, 1.807) is 17.5 Å². The Labute approximate surface area is 166 Å². The van der Waals surface area contributed by atoms with E-state index in [-0.39, 0.29) is 15.5 Å². The summed E-state index contributed by atoms with van der Waals surface area (Å²) in [6.07, 6.45) is 0.862. The molecular weight excluding hydrogens is 402 g/mol. The summed E-state index contributed by atoms with van der Waals surface area (Å²) in [4.78, 5) is 12.4. The first-order chi connectivity index (χ1) is 13.0. The topological polar surface area (TPSA) is 83.5 Å². The molecule has 1 heterocycles. The summed E-state index contributed by atoms with van der Waals surface area (Å²) in [5, 5.41) is 11.1. The number of aryl methyl sites for hydroxylation is 1. The van der Waals surface area contributed by atoms with Gasteiger partial charge in [-0.3, -0.25) is 4.72 Å². The molecule has 5 nitrogen and oxygen atoms in total. The van der Waals surface area contributed by atoms with Crippen molar-refractivity contribution in [2.75, 3.05) is 10.5 Å². The second-order valence-electron chi connectivity index (χ2n) is 5.63. The quantitative estimate of drug-likeness (QED) is 0.522. The number of hydrogen-bond donors (Lipinski definition) is 2. The molecule has 1 aromatic heterocycles. The van der Waals surface area contributed by atoms with Crippen LogP contribution in [0.1, 0.15) is 15.9 Å². The first-order valence-electron chi connectivity index (χ1n) is 8.06. The summed E-state index contributed by atoms with van der Waals surface area (Å²) in [5.41, 5.74) is 1.20. The average Bonchev–Trinajstić information content (AvgIpc) is 3.19. The van der Waals surface area contributed by atoms with Gasteiger partial charge >= 0.3 is 5.97 Å². The van der Waals surface area contributed by atoms with Gasteiger partial charge in [-0.05, 0) is 41.6 Å². The minimum Gasteiger partial charge on any atom is -0.478 e. The van der Waals surface area contributed by atoms with Crippen LogP contribution in [0, 0.1) is 0 Å². The molecule has 3 aromatic rings. The van der Waals surface area contributed by atoms with Crippen LogP contribution in [0.25, 0.3) is 0 Å². The fraction of sp³-hybridized carbons (Fsp3) is 0.105. The Kier molecular flexibility index (Phi) is 6.20. The second kappa shape index (κ2) is 8.60. The van der Waals surface area contributed by atoms with Crippen molar-refractivity contribution in [3.63, 3.8) is 0 Å². The van der Waals surface area contributed by atoms with Gasteiger partial charge in [0.05, 0.1) is 11.3 Å². The lowest BCUT2D eigenvalue weighted by atomic mass is 10.2. The van der Waals surface area contributed by atoms with Gasteiger partial charge in [0.1, 0.15) is 4.21 Å². The van der Waals surface area contributed by atoms with Crippen LogP contribution in [-0.2, 0) is 16.4 Å². The lowest BCUT2D eigenvalue weighted by Crippen LogP contribution is -2.14. The zero-order valence-corrected chi connectivity index (χ0v) is 16.6. The summed E-state index contributed by atoms with van der Waals surface area (Å²) in [5.74, 6) is -0.382. The van der Waals surface area contributed by atoms with Crippen molar-refractivity contribution >= 4 is 44.8 Å². The molecule has 0 saturated heterocycles. The summed E-state index contributed by atoms with van der Waals surface area (Å²) in [7, 11) is -3.79. The second-order valence-corrected chi connectivity index (χ2v) is 9.66. The van der Waals surface area contributed by atoms with E-state index in [1.807, 2.05) is 30.3 Å². The molecular formula is C19H17NO4S3. The van der Waals surface area contributed by atoms with Gasteiger partial charge in [-0.15, -0.1) is 23.1 Å².